The highest BCUT2D eigenvalue weighted by Crippen LogP contribution is 2.24. The molecule has 0 radical (unpaired) electrons. The second-order valence-electron chi connectivity index (χ2n) is 3.62. The minimum Gasteiger partial charge on any atom is -0.292 e. The number of alkyl halides is 1. The molecule has 1 atom stereocenters. The quantitative estimate of drug-likeness (QED) is 0.615. The Kier molecular flexibility index (Phi) is 4.53. The van der Waals surface area contributed by atoms with Crippen LogP contribution in [0.3, 0.4) is 0 Å². The van der Waals surface area contributed by atoms with Gasteiger partial charge < -0.3 is 0 Å². The average Bonchev–Trinajstić information content (AvgIpc) is 2.60. The van der Waals surface area contributed by atoms with Crippen molar-refractivity contribution in [2.24, 2.45) is 0 Å². The van der Waals surface area contributed by atoms with Crippen LogP contribution in [0, 0.1) is 10.1 Å². The minimum absolute atomic E-state index is 0. The van der Waals surface area contributed by atoms with Crippen molar-refractivity contribution in [1.82, 2.24) is 9.89 Å². The number of nitro groups is 1. The zero-order valence-corrected chi connectivity index (χ0v) is 10.3. The van der Waals surface area contributed by atoms with Crippen LogP contribution in [0.15, 0.2) is 6.20 Å². The highest BCUT2D eigenvalue weighted by atomic mass is 35.5. The number of nitrogens with zero attached hydrogens (tertiary/aromatic N) is 4. The van der Waals surface area contributed by atoms with Gasteiger partial charge in [0.25, 0.3) is 0 Å². The highest BCUT2D eigenvalue weighted by molar-refractivity contribution is 6.31. The Morgan fingerprint density at radius 1 is 1.65 bits per heavy atom. The first-order chi connectivity index (χ1) is 7.59. The fourth-order valence-electron chi connectivity index (χ4n) is 1.71. The summed E-state index contributed by atoms with van der Waals surface area (Å²) >= 11 is 5.80. The van der Waals surface area contributed by atoms with E-state index < -0.39 is 11.1 Å². The number of aromatic nitrogens is 2. The summed E-state index contributed by atoms with van der Waals surface area (Å²) in [5.74, 6) is 0. The van der Waals surface area contributed by atoms with Gasteiger partial charge in [-0.2, -0.15) is 9.89 Å². The van der Waals surface area contributed by atoms with Crippen LogP contribution >= 0.6 is 24.0 Å². The SMILES string of the molecule is Cl.O=[N+]([O-])c1cnn(N2CCCC(F)C2)c1Cl. The van der Waals surface area contributed by atoms with Gasteiger partial charge in [-0.3, -0.25) is 15.1 Å². The smallest absolute Gasteiger partial charge is 0.292 e. The lowest BCUT2D eigenvalue weighted by molar-refractivity contribution is -0.384. The van der Waals surface area contributed by atoms with Gasteiger partial charge in [-0.1, -0.05) is 11.6 Å². The molecule has 1 aromatic rings. The zero-order chi connectivity index (χ0) is 11.7. The van der Waals surface area contributed by atoms with Crippen LogP contribution in [-0.2, 0) is 0 Å². The second kappa shape index (κ2) is 5.50. The molecular weight excluding hydrogens is 274 g/mol. The Labute approximate surface area is 108 Å². The number of halogens is 3. The van der Waals surface area contributed by atoms with E-state index in [4.69, 9.17) is 11.6 Å². The van der Waals surface area contributed by atoms with Crippen LogP contribution in [0.25, 0.3) is 0 Å². The Bertz CT molecular complexity index is 414. The fourth-order valence-corrected chi connectivity index (χ4v) is 1.98. The molecule has 1 aromatic heterocycles. The molecule has 0 N–H and O–H groups in total. The zero-order valence-electron chi connectivity index (χ0n) is 8.75. The van der Waals surface area contributed by atoms with E-state index in [-0.39, 0.29) is 29.8 Å². The Morgan fingerprint density at radius 2 is 2.35 bits per heavy atom. The molecular formula is C8H11Cl2FN4O2. The van der Waals surface area contributed by atoms with Gasteiger partial charge in [0.15, 0.2) is 0 Å². The minimum atomic E-state index is -0.937. The Hall–Kier alpha value is -1.08. The third kappa shape index (κ3) is 2.78. The fraction of sp³-hybridized carbons (Fsp3) is 0.625. The standard InChI is InChI=1S/C8H10ClFN4O2.ClH/c9-8-7(14(15)16)4-11-13(8)12-3-1-2-6(10)5-12;/h4,6H,1-3,5H2;1H. The van der Waals surface area contributed by atoms with Crippen LogP contribution in [0.5, 0.6) is 0 Å². The molecule has 1 aliphatic heterocycles. The summed E-state index contributed by atoms with van der Waals surface area (Å²) in [7, 11) is 0. The van der Waals surface area contributed by atoms with Crippen molar-refractivity contribution < 1.29 is 9.31 Å². The van der Waals surface area contributed by atoms with E-state index in [2.05, 4.69) is 5.10 Å². The van der Waals surface area contributed by atoms with E-state index in [1.807, 2.05) is 0 Å². The normalized spacial score (nSPS) is 19.9. The molecule has 6 nitrogen and oxygen atoms in total. The molecule has 96 valence electrons. The van der Waals surface area contributed by atoms with Crippen LogP contribution in [0.4, 0.5) is 10.1 Å². The molecule has 17 heavy (non-hydrogen) atoms. The molecule has 0 spiro atoms. The van der Waals surface area contributed by atoms with E-state index in [0.29, 0.717) is 19.4 Å². The number of piperidine rings is 1. The highest BCUT2D eigenvalue weighted by Gasteiger charge is 2.26. The van der Waals surface area contributed by atoms with E-state index in [1.54, 1.807) is 5.01 Å². The van der Waals surface area contributed by atoms with Crippen molar-refractivity contribution in [2.75, 3.05) is 18.1 Å². The average molecular weight is 285 g/mol. The summed E-state index contributed by atoms with van der Waals surface area (Å²) in [6.45, 7) is 0.761. The third-order valence-electron chi connectivity index (χ3n) is 2.48. The summed E-state index contributed by atoms with van der Waals surface area (Å²) in [6.07, 6.45) is 1.33. The lowest BCUT2D eigenvalue weighted by Crippen LogP contribution is -2.44. The summed E-state index contributed by atoms with van der Waals surface area (Å²) in [6, 6.07) is 0. The van der Waals surface area contributed by atoms with Crippen LogP contribution in [0.2, 0.25) is 5.15 Å². The van der Waals surface area contributed by atoms with Crippen molar-refractivity contribution in [3.63, 3.8) is 0 Å². The first-order valence-corrected chi connectivity index (χ1v) is 5.24. The van der Waals surface area contributed by atoms with Gasteiger partial charge in [0.1, 0.15) is 12.4 Å². The van der Waals surface area contributed by atoms with Gasteiger partial charge in [-0.15, -0.1) is 12.4 Å². The summed E-state index contributed by atoms with van der Waals surface area (Å²) in [5.41, 5.74) is -0.261. The molecule has 1 fully saturated rings. The molecule has 0 saturated carbocycles. The molecule has 0 bridgehead atoms. The monoisotopic (exact) mass is 284 g/mol. The van der Waals surface area contributed by atoms with Crippen LogP contribution < -0.4 is 5.01 Å². The van der Waals surface area contributed by atoms with E-state index >= 15 is 0 Å². The van der Waals surface area contributed by atoms with Gasteiger partial charge in [-0.25, -0.2) is 4.39 Å². The van der Waals surface area contributed by atoms with Gasteiger partial charge in [0.2, 0.25) is 5.15 Å². The lowest BCUT2D eigenvalue weighted by atomic mass is 10.1. The van der Waals surface area contributed by atoms with Gasteiger partial charge in [0.05, 0.1) is 11.5 Å². The summed E-state index contributed by atoms with van der Waals surface area (Å²) < 4.78 is 13.2. The van der Waals surface area contributed by atoms with Crippen molar-refractivity contribution in [3.8, 4) is 0 Å². The molecule has 1 aliphatic rings. The summed E-state index contributed by atoms with van der Waals surface area (Å²) in [5, 5.41) is 15.8. The number of hydrogen-bond donors (Lipinski definition) is 0. The van der Waals surface area contributed by atoms with Crippen molar-refractivity contribution in [3.05, 3.63) is 21.5 Å². The maximum atomic E-state index is 13.2. The van der Waals surface area contributed by atoms with E-state index in [9.17, 15) is 14.5 Å². The van der Waals surface area contributed by atoms with Gasteiger partial charge >= 0.3 is 5.69 Å². The number of rotatable bonds is 2. The molecule has 0 aromatic carbocycles. The third-order valence-corrected chi connectivity index (χ3v) is 2.83. The maximum absolute atomic E-state index is 13.2. The molecule has 2 heterocycles. The summed E-state index contributed by atoms with van der Waals surface area (Å²) in [4.78, 5) is 11.1. The Balaban J connectivity index is 0.00000144. The Morgan fingerprint density at radius 3 is 2.88 bits per heavy atom. The predicted octanol–water partition coefficient (Wildman–Crippen LogP) is 1.94. The second-order valence-corrected chi connectivity index (χ2v) is 3.98. The molecule has 9 heteroatoms. The number of hydrogen-bond acceptors (Lipinski definition) is 4. The van der Waals surface area contributed by atoms with Crippen LogP contribution in [-0.4, -0.2) is 34.1 Å². The molecule has 0 amide bonds. The predicted molar refractivity (Wildman–Crippen MR) is 63.2 cm³/mol. The van der Waals surface area contributed by atoms with E-state index in [1.165, 1.54) is 4.79 Å². The molecule has 1 unspecified atom stereocenters. The molecule has 2 rings (SSSR count). The van der Waals surface area contributed by atoms with Gasteiger partial charge in [-0.05, 0) is 12.8 Å². The van der Waals surface area contributed by atoms with Crippen LogP contribution in [0.1, 0.15) is 12.8 Å². The molecule has 1 saturated heterocycles. The largest absolute Gasteiger partial charge is 0.328 e. The first kappa shape index (κ1) is 14.0. The van der Waals surface area contributed by atoms with Crippen molar-refractivity contribution >= 4 is 29.7 Å². The van der Waals surface area contributed by atoms with Crippen molar-refractivity contribution in [2.45, 2.75) is 19.0 Å². The van der Waals surface area contributed by atoms with E-state index in [0.717, 1.165) is 6.20 Å². The first-order valence-electron chi connectivity index (χ1n) is 4.87. The lowest BCUT2D eigenvalue weighted by Gasteiger charge is -2.30. The topological polar surface area (TPSA) is 64.2 Å². The molecule has 0 aliphatic carbocycles. The van der Waals surface area contributed by atoms with Gasteiger partial charge in [0, 0.05) is 6.54 Å². The maximum Gasteiger partial charge on any atom is 0.328 e. The van der Waals surface area contributed by atoms with Crippen molar-refractivity contribution in [1.29, 1.82) is 0 Å².